The Morgan fingerprint density at radius 2 is 2.44 bits per heavy atom. The molecule has 2 rings (SSSR count). The lowest BCUT2D eigenvalue weighted by molar-refractivity contribution is -0.134. The summed E-state index contributed by atoms with van der Waals surface area (Å²) in [5.41, 5.74) is 7.66. The summed E-state index contributed by atoms with van der Waals surface area (Å²) in [5, 5.41) is 6.76. The summed E-state index contributed by atoms with van der Waals surface area (Å²) < 4.78 is 5.73. The van der Waals surface area contributed by atoms with Gasteiger partial charge >= 0.3 is 0 Å². The van der Waals surface area contributed by atoms with Crippen LogP contribution in [-0.4, -0.2) is 21.7 Å². The van der Waals surface area contributed by atoms with Gasteiger partial charge in [-0.2, -0.15) is 5.10 Å². The molecule has 7 heteroatoms. The first-order valence-corrected chi connectivity index (χ1v) is 5.99. The van der Waals surface area contributed by atoms with Crippen LogP contribution in [0.2, 0.25) is 0 Å². The van der Waals surface area contributed by atoms with Gasteiger partial charge in [0.25, 0.3) is 6.47 Å². The number of aromatic amines is 1. The molecule has 0 aromatic carbocycles. The molecule has 0 aliphatic rings. The molecule has 2 aromatic rings. The fourth-order valence-electron chi connectivity index (χ4n) is 1.61. The van der Waals surface area contributed by atoms with Gasteiger partial charge in [0.1, 0.15) is 10.3 Å². The molecule has 0 aliphatic heterocycles. The van der Waals surface area contributed by atoms with Gasteiger partial charge in [-0.25, -0.2) is 0 Å². The number of ether oxygens (including phenoxy) is 1. The van der Waals surface area contributed by atoms with Gasteiger partial charge < -0.3 is 10.5 Å². The Morgan fingerprint density at radius 3 is 3.06 bits per heavy atom. The number of carbonyl (C=O) groups excluding carboxylic acids is 1. The predicted molar refractivity (Wildman–Crippen MR) is 68.5 cm³/mol. The van der Waals surface area contributed by atoms with Crippen LogP contribution in [0.5, 0.6) is 0 Å². The van der Waals surface area contributed by atoms with E-state index in [1.807, 2.05) is 0 Å². The van der Waals surface area contributed by atoms with E-state index in [9.17, 15) is 4.79 Å². The maximum absolute atomic E-state index is 10.6. The van der Waals surface area contributed by atoms with Gasteiger partial charge in [0.2, 0.25) is 0 Å². The Bertz CT molecular complexity index is 543. The van der Waals surface area contributed by atoms with E-state index < -0.39 is 6.10 Å². The fraction of sp³-hybridized carbons (Fsp3) is 0.182. The lowest BCUT2D eigenvalue weighted by Gasteiger charge is -2.15. The van der Waals surface area contributed by atoms with E-state index in [4.69, 9.17) is 10.5 Å². The smallest absolute Gasteiger partial charge is 0.293 e. The van der Waals surface area contributed by atoms with E-state index >= 15 is 0 Å². The minimum absolute atomic E-state index is 0.393. The van der Waals surface area contributed by atoms with Crippen LogP contribution in [-0.2, 0) is 16.0 Å². The summed E-state index contributed by atoms with van der Waals surface area (Å²) in [4.78, 5) is 14.7. The molecule has 2 heterocycles. The van der Waals surface area contributed by atoms with Crippen LogP contribution in [0.4, 0.5) is 5.69 Å². The number of halogens is 1. The van der Waals surface area contributed by atoms with Crippen molar-refractivity contribution in [1.82, 2.24) is 15.2 Å². The quantitative estimate of drug-likeness (QED) is 0.818. The van der Waals surface area contributed by atoms with Gasteiger partial charge in [0.05, 0.1) is 5.69 Å². The molecule has 6 nitrogen and oxygen atoms in total. The van der Waals surface area contributed by atoms with Gasteiger partial charge in [0.15, 0.2) is 6.10 Å². The molecule has 0 amide bonds. The first-order valence-electron chi connectivity index (χ1n) is 5.20. The second-order valence-electron chi connectivity index (χ2n) is 3.62. The maximum atomic E-state index is 10.6. The second-order valence-corrected chi connectivity index (χ2v) is 4.43. The molecule has 0 radical (unpaired) electrons. The van der Waals surface area contributed by atoms with Gasteiger partial charge in [-0.1, -0.05) is 0 Å². The van der Waals surface area contributed by atoms with Gasteiger partial charge in [-0.05, 0) is 34.1 Å². The standard InChI is InChI=1S/C11H11BrN4O2/c12-10-5-7(15-16-10)4-9(18-6-17)11-8(13)2-1-3-14-11/h1-3,5-6,9H,4,13H2,(H,15,16). The molecular formula is C11H11BrN4O2. The Kier molecular flexibility index (Phi) is 3.93. The van der Waals surface area contributed by atoms with Gasteiger partial charge in [0, 0.05) is 18.3 Å². The van der Waals surface area contributed by atoms with Crippen LogP contribution in [0.1, 0.15) is 17.5 Å². The second kappa shape index (κ2) is 5.63. The molecule has 0 fully saturated rings. The molecule has 0 saturated heterocycles. The normalized spacial score (nSPS) is 12.1. The number of nitrogens with one attached hydrogen (secondary N) is 1. The van der Waals surface area contributed by atoms with Crippen molar-refractivity contribution in [3.05, 3.63) is 40.4 Å². The number of aromatic nitrogens is 3. The van der Waals surface area contributed by atoms with Crippen LogP contribution in [0.15, 0.2) is 29.0 Å². The lowest BCUT2D eigenvalue weighted by atomic mass is 10.1. The first-order chi connectivity index (χ1) is 8.70. The van der Waals surface area contributed by atoms with Crippen molar-refractivity contribution < 1.29 is 9.53 Å². The van der Waals surface area contributed by atoms with Crippen LogP contribution < -0.4 is 5.73 Å². The highest BCUT2D eigenvalue weighted by atomic mass is 79.9. The number of hydrogen-bond acceptors (Lipinski definition) is 5. The number of nitrogens with two attached hydrogens (primary N) is 1. The minimum atomic E-state index is -0.531. The van der Waals surface area contributed by atoms with Gasteiger partial charge in [-0.3, -0.25) is 14.9 Å². The Labute approximate surface area is 112 Å². The monoisotopic (exact) mass is 310 g/mol. The molecule has 0 aliphatic carbocycles. The summed E-state index contributed by atoms with van der Waals surface area (Å²) in [5.74, 6) is 0. The maximum Gasteiger partial charge on any atom is 0.293 e. The molecule has 3 N–H and O–H groups in total. The molecule has 1 atom stereocenters. The third-order valence-electron chi connectivity index (χ3n) is 2.40. The molecule has 0 saturated carbocycles. The Hall–Kier alpha value is -1.89. The van der Waals surface area contributed by atoms with E-state index in [1.54, 1.807) is 24.4 Å². The third-order valence-corrected chi connectivity index (χ3v) is 2.81. The largest absolute Gasteiger partial charge is 0.458 e. The zero-order valence-electron chi connectivity index (χ0n) is 9.34. The molecule has 18 heavy (non-hydrogen) atoms. The van der Waals surface area contributed by atoms with E-state index in [0.717, 1.165) is 5.69 Å². The Morgan fingerprint density at radius 1 is 1.61 bits per heavy atom. The highest BCUT2D eigenvalue weighted by Gasteiger charge is 2.18. The number of nitrogen functional groups attached to an aromatic ring is 1. The highest BCUT2D eigenvalue weighted by Crippen LogP contribution is 2.24. The van der Waals surface area contributed by atoms with Crippen molar-refractivity contribution in [2.45, 2.75) is 12.5 Å². The van der Waals surface area contributed by atoms with Crippen LogP contribution in [0.25, 0.3) is 0 Å². The van der Waals surface area contributed by atoms with Crippen molar-refractivity contribution in [3.8, 4) is 0 Å². The van der Waals surface area contributed by atoms with Crippen LogP contribution >= 0.6 is 15.9 Å². The molecule has 94 valence electrons. The van der Waals surface area contributed by atoms with Crippen LogP contribution in [0, 0.1) is 0 Å². The van der Waals surface area contributed by atoms with E-state index in [2.05, 4.69) is 31.1 Å². The highest BCUT2D eigenvalue weighted by molar-refractivity contribution is 9.10. The number of hydrogen-bond donors (Lipinski definition) is 2. The SMILES string of the molecule is Nc1cccnc1C(Cc1cc(Br)n[nH]1)OC=O. The summed E-state index contributed by atoms with van der Waals surface area (Å²) in [7, 11) is 0. The number of H-pyrrole nitrogens is 1. The van der Waals surface area contributed by atoms with E-state index in [-0.39, 0.29) is 0 Å². The average Bonchev–Trinajstić information content (AvgIpc) is 2.75. The van der Waals surface area contributed by atoms with E-state index in [0.29, 0.717) is 28.9 Å². The average molecular weight is 311 g/mol. The lowest BCUT2D eigenvalue weighted by Crippen LogP contribution is -2.11. The number of pyridine rings is 1. The van der Waals surface area contributed by atoms with E-state index in [1.165, 1.54) is 0 Å². The fourth-order valence-corrected chi connectivity index (χ4v) is 1.98. The molecular weight excluding hydrogens is 300 g/mol. The van der Waals surface area contributed by atoms with Gasteiger partial charge in [-0.15, -0.1) is 0 Å². The van der Waals surface area contributed by atoms with Crippen LogP contribution in [0.3, 0.4) is 0 Å². The predicted octanol–water partition coefficient (Wildman–Crippen LogP) is 1.61. The number of carbonyl (C=O) groups is 1. The number of nitrogens with zero attached hydrogens (tertiary/aromatic N) is 2. The molecule has 1 unspecified atom stereocenters. The zero-order chi connectivity index (χ0) is 13.0. The number of rotatable bonds is 5. The Balaban J connectivity index is 2.23. The van der Waals surface area contributed by atoms with Crippen molar-refractivity contribution in [1.29, 1.82) is 0 Å². The zero-order valence-corrected chi connectivity index (χ0v) is 10.9. The summed E-state index contributed by atoms with van der Waals surface area (Å²) in [6.07, 6.45) is 1.50. The van der Waals surface area contributed by atoms with Crippen molar-refractivity contribution in [2.75, 3.05) is 5.73 Å². The summed E-state index contributed by atoms with van der Waals surface area (Å²) in [6.45, 7) is 0.393. The molecule has 2 aromatic heterocycles. The third kappa shape index (κ3) is 2.86. The van der Waals surface area contributed by atoms with Crippen molar-refractivity contribution in [2.24, 2.45) is 0 Å². The van der Waals surface area contributed by atoms with Crippen molar-refractivity contribution >= 4 is 28.1 Å². The molecule has 0 spiro atoms. The topological polar surface area (TPSA) is 93.9 Å². The molecule has 0 bridgehead atoms. The number of anilines is 1. The summed E-state index contributed by atoms with van der Waals surface area (Å²) >= 11 is 3.24. The first kappa shape index (κ1) is 12.6. The summed E-state index contributed by atoms with van der Waals surface area (Å²) in [6, 6.07) is 5.25. The minimum Gasteiger partial charge on any atom is -0.458 e. The van der Waals surface area contributed by atoms with Crippen molar-refractivity contribution in [3.63, 3.8) is 0 Å².